The molecule has 0 aromatic heterocycles. The van der Waals surface area contributed by atoms with Crippen LogP contribution in [-0.4, -0.2) is 22.8 Å². The van der Waals surface area contributed by atoms with Crippen molar-refractivity contribution in [2.24, 2.45) is 4.99 Å². The Kier molecular flexibility index (Phi) is 3.69. The third kappa shape index (κ3) is 2.67. The molecule has 0 fully saturated rings. The van der Waals surface area contributed by atoms with E-state index in [1.165, 1.54) is 0 Å². The summed E-state index contributed by atoms with van der Waals surface area (Å²) in [6, 6.07) is 9.22. The molecule has 1 atom stereocenters. The predicted octanol–water partition coefficient (Wildman–Crippen LogP) is 2.97. The SMILES string of the molecule is CC(=NC(C)C)C1=C(O)C(c2ccccc2)OC1=O. The highest BCUT2D eigenvalue weighted by molar-refractivity contribution is 6.20. The maximum Gasteiger partial charge on any atom is 0.344 e. The molecule has 19 heavy (non-hydrogen) atoms. The molecule has 1 aromatic rings. The monoisotopic (exact) mass is 259 g/mol. The standard InChI is InChI=1S/C15H17NO3/c1-9(2)16-10(3)12-13(17)14(19-15(12)18)11-7-5-4-6-8-11/h4-9,14,17H,1-3H3. The van der Waals surface area contributed by atoms with Crippen LogP contribution in [0.2, 0.25) is 0 Å². The fraction of sp³-hybridized carbons (Fsp3) is 0.333. The molecule has 0 aliphatic carbocycles. The number of esters is 1. The summed E-state index contributed by atoms with van der Waals surface area (Å²) in [7, 11) is 0. The number of benzene rings is 1. The summed E-state index contributed by atoms with van der Waals surface area (Å²) < 4.78 is 5.23. The van der Waals surface area contributed by atoms with Gasteiger partial charge in [-0.3, -0.25) is 4.99 Å². The summed E-state index contributed by atoms with van der Waals surface area (Å²) in [4.78, 5) is 16.2. The van der Waals surface area contributed by atoms with Gasteiger partial charge in [0.2, 0.25) is 0 Å². The molecular formula is C15H17NO3. The van der Waals surface area contributed by atoms with E-state index >= 15 is 0 Å². The molecule has 1 aliphatic heterocycles. The van der Waals surface area contributed by atoms with E-state index in [9.17, 15) is 9.90 Å². The van der Waals surface area contributed by atoms with E-state index in [1.807, 2.05) is 44.2 Å². The number of cyclic esters (lactones) is 1. The van der Waals surface area contributed by atoms with E-state index in [2.05, 4.69) is 4.99 Å². The van der Waals surface area contributed by atoms with E-state index in [1.54, 1.807) is 6.92 Å². The van der Waals surface area contributed by atoms with E-state index in [0.29, 0.717) is 5.71 Å². The van der Waals surface area contributed by atoms with Crippen LogP contribution in [0, 0.1) is 0 Å². The van der Waals surface area contributed by atoms with Gasteiger partial charge in [-0.25, -0.2) is 4.79 Å². The van der Waals surface area contributed by atoms with Gasteiger partial charge in [0, 0.05) is 11.6 Å². The number of nitrogens with zero attached hydrogens (tertiary/aromatic N) is 1. The fourth-order valence-electron chi connectivity index (χ4n) is 2.10. The maximum atomic E-state index is 11.9. The molecular weight excluding hydrogens is 242 g/mol. The molecule has 1 aromatic carbocycles. The number of aliphatic hydroxyl groups is 1. The van der Waals surface area contributed by atoms with Crippen LogP contribution in [0.4, 0.5) is 0 Å². The van der Waals surface area contributed by atoms with E-state index in [-0.39, 0.29) is 17.4 Å². The number of aliphatic imine (C=N–C) groups is 1. The molecule has 1 unspecified atom stereocenters. The lowest BCUT2D eigenvalue weighted by molar-refractivity contribution is -0.140. The van der Waals surface area contributed by atoms with Crippen molar-refractivity contribution in [1.29, 1.82) is 0 Å². The third-order valence-electron chi connectivity index (χ3n) is 2.85. The Labute approximate surface area is 112 Å². The molecule has 0 amide bonds. The van der Waals surface area contributed by atoms with Crippen LogP contribution < -0.4 is 0 Å². The van der Waals surface area contributed by atoms with Gasteiger partial charge in [0.05, 0.1) is 5.71 Å². The van der Waals surface area contributed by atoms with Gasteiger partial charge in [0.25, 0.3) is 0 Å². The summed E-state index contributed by atoms with van der Waals surface area (Å²) >= 11 is 0. The minimum Gasteiger partial charge on any atom is -0.507 e. The predicted molar refractivity (Wildman–Crippen MR) is 73.2 cm³/mol. The van der Waals surface area contributed by atoms with E-state index in [0.717, 1.165) is 5.56 Å². The molecule has 0 bridgehead atoms. The minimum absolute atomic E-state index is 0.0573. The number of aliphatic hydroxyl groups excluding tert-OH is 1. The third-order valence-corrected chi connectivity index (χ3v) is 2.85. The average Bonchev–Trinajstić information content (AvgIpc) is 2.65. The van der Waals surface area contributed by atoms with Gasteiger partial charge in [-0.05, 0) is 20.8 Å². The molecule has 2 rings (SSSR count). The Bertz CT molecular complexity index is 544. The zero-order valence-corrected chi connectivity index (χ0v) is 11.3. The van der Waals surface area contributed by atoms with Gasteiger partial charge in [-0.2, -0.15) is 0 Å². The number of hydrogen-bond acceptors (Lipinski definition) is 4. The largest absolute Gasteiger partial charge is 0.507 e. The lowest BCUT2D eigenvalue weighted by Gasteiger charge is -2.09. The van der Waals surface area contributed by atoms with Crippen LogP contribution in [0.3, 0.4) is 0 Å². The number of ether oxygens (including phenoxy) is 1. The molecule has 1 aliphatic rings. The summed E-state index contributed by atoms with van der Waals surface area (Å²) in [6.45, 7) is 5.53. The topological polar surface area (TPSA) is 58.9 Å². The fourth-order valence-corrected chi connectivity index (χ4v) is 2.10. The Balaban J connectivity index is 2.39. The number of hydrogen-bond donors (Lipinski definition) is 1. The molecule has 4 nitrogen and oxygen atoms in total. The highest BCUT2D eigenvalue weighted by atomic mass is 16.6. The van der Waals surface area contributed by atoms with Crippen molar-refractivity contribution in [3.63, 3.8) is 0 Å². The van der Waals surface area contributed by atoms with Gasteiger partial charge in [0.1, 0.15) is 5.57 Å². The van der Waals surface area contributed by atoms with Crippen molar-refractivity contribution in [3.8, 4) is 0 Å². The molecule has 0 radical (unpaired) electrons. The smallest absolute Gasteiger partial charge is 0.344 e. The highest BCUT2D eigenvalue weighted by Gasteiger charge is 2.36. The van der Waals surface area contributed by atoms with Crippen LogP contribution in [-0.2, 0) is 9.53 Å². The second kappa shape index (κ2) is 5.26. The Hall–Kier alpha value is -2.10. The molecule has 1 heterocycles. The van der Waals surface area contributed by atoms with Crippen LogP contribution in [0.25, 0.3) is 0 Å². The van der Waals surface area contributed by atoms with Crippen molar-refractivity contribution in [1.82, 2.24) is 0 Å². The second-order valence-electron chi connectivity index (χ2n) is 4.76. The van der Waals surface area contributed by atoms with Gasteiger partial charge < -0.3 is 9.84 Å². The van der Waals surface area contributed by atoms with Gasteiger partial charge >= 0.3 is 5.97 Å². The Morgan fingerprint density at radius 1 is 1.32 bits per heavy atom. The first-order valence-corrected chi connectivity index (χ1v) is 6.24. The number of carbonyl (C=O) groups excluding carboxylic acids is 1. The quantitative estimate of drug-likeness (QED) is 0.670. The first-order chi connectivity index (χ1) is 9.00. The zero-order chi connectivity index (χ0) is 14.0. The normalized spacial score (nSPS) is 20.1. The average molecular weight is 259 g/mol. The molecule has 1 N–H and O–H groups in total. The van der Waals surface area contributed by atoms with Crippen molar-refractivity contribution < 1.29 is 14.6 Å². The van der Waals surface area contributed by atoms with E-state index in [4.69, 9.17) is 4.74 Å². The summed E-state index contributed by atoms with van der Waals surface area (Å²) in [5.74, 6) is -0.577. The van der Waals surface area contributed by atoms with Crippen LogP contribution in [0.15, 0.2) is 46.7 Å². The number of carbonyl (C=O) groups is 1. The zero-order valence-electron chi connectivity index (χ0n) is 11.3. The van der Waals surface area contributed by atoms with Crippen molar-refractivity contribution >= 4 is 11.7 Å². The molecule has 0 spiro atoms. The summed E-state index contributed by atoms with van der Waals surface area (Å²) in [5, 5.41) is 10.2. The van der Waals surface area contributed by atoms with Gasteiger partial charge in [-0.15, -0.1) is 0 Å². The second-order valence-corrected chi connectivity index (χ2v) is 4.76. The van der Waals surface area contributed by atoms with Crippen LogP contribution in [0.5, 0.6) is 0 Å². The maximum absolute atomic E-state index is 11.9. The molecule has 4 heteroatoms. The lowest BCUT2D eigenvalue weighted by atomic mass is 10.0. The van der Waals surface area contributed by atoms with Gasteiger partial charge in [-0.1, -0.05) is 30.3 Å². The van der Waals surface area contributed by atoms with Crippen LogP contribution in [0.1, 0.15) is 32.4 Å². The molecule has 0 saturated heterocycles. The first kappa shape index (κ1) is 13.3. The summed E-state index contributed by atoms with van der Waals surface area (Å²) in [6.07, 6.45) is -0.721. The highest BCUT2D eigenvalue weighted by Crippen LogP contribution is 2.33. The van der Waals surface area contributed by atoms with Crippen LogP contribution >= 0.6 is 0 Å². The van der Waals surface area contributed by atoms with Gasteiger partial charge in [0.15, 0.2) is 11.9 Å². The van der Waals surface area contributed by atoms with Crippen molar-refractivity contribution in [2.45, 2.75) is 32.9 Å². The number of rotatable bonds is 3. The van der Waals surface area contributed by atoms with E-state index < -0.39 is 12.1 Å². The lowest BCUT2D eigenvalue weighted by Crippen LogP contribution is -2.10. The molecule has 0 saturated carbocycles. The van der Waals surface area contributed by atoms with Crippen molar-refractivity contribution in [3.05, 3.63) is 47.2 Å². The molecule has 100 valence electrons. The Morgan fingerprint density at radius 2 is 1.95 bits per heavy atom. The first-order valence-electron chi connectivity index (χ1n) is 6.24. The van der Waals surface area contributed by atoms with Crippen molar-refractivity contribution in [2.75, 3.05) is 0 Å². The Morgan fingerprint density at radius 3 is 2.53 bits per heavy atom. The summed E-state index contributed by atoms with van der Waals surface area (Å²) in [5.41, 5.74) is 1.44. The minimum atomic E-state index is -0.721.